The SMILES string of the molecule is CCOc1ccccc1-c1csc(CCNCC(C)C)n1. The highest BCUT2D eigenvalue weighted by Crippen LogP contribution is 2.30. The first kappa shape index (κ1) is 16.0. The Hall–Kier alpha value is -1.39. The minimum absolute atomic E-state index is 0.674. The van der Waals surface area contributed by atoms with Gasteiger partial charge in [0.25, 0.3) is 0 Å². The average Bonchev–Trinajstić information content (AvgIpc) is 2.93. The van der Waals surface area contributed by atoms with E-state index in [1.165, 1.54) is 5.01 Å². The molecule has 2 aromatic rings. The zero-order valence-electron chi connectivity index (χ0n) is 13.1. The Balaban J connectivity index is 1.99. The maximum absolute atomic E-state index is 5.68. The number of para-hydroxylation sites is 1. The maximum Gasteiger partial charge on any atom is 0.128 e. The molecule has 0 radical (unpaired) electrons. The lowest BCUT2D eigenvalue weighted by Gasteiger charge is -2.07. The van der Waals surface area contributed by atoms with Crippen molar-refractivity contribution >= 4 is 11.3 Å². The normalized spacial score (nSPS) is 11.0. The van der Waals surface area contributed by atoms with E-state index in [1.54, 1.807) is 11.3 Å². The van der Waals surface area contributed by atoms with Crippen molar-refractivity contribution < 1.29 is 4.74 Å². The van der Waals surface area contributed by atoms with Crippen LogP contribution in [0.1, 0.15) is 25.8 Å². The van der Waals surface area contributed by atoms with Crippen LogP contribution in [0, 0.1) is 5.92 Å². The quantitative estimate of drug-likeness (QED) is 0.749. The molecule has 1 aromatic carbocycles. The van der Waals surface area contributed by atoms with Crippen LogP contribution in [0.2, 0.25) is 0 Å². The van der Waals surface area contributed by atoms with E-state index in [4.69, 9.17) is 9.72 Å². The van der Waals surface area contributed by atoms with E-state index in [9.17, 15) is 0 Å². The smallest absolute Gasteiger partial charge is 0.128 e. The molecule has 0 saturated carbocycles. The van der Waals surface area contributed by atoms with Crippen LogP contribution in [0.25, 0.3) is 11.3 Å². The summed E-state index contributed by atoms with van der Waals surface area (Å²) in [6.07, 6.45) is 0.980. The van der Waals surface area contributed by atoms with Crippen molar-refractivity contribution in [3.05, 3.63) is 34.7 Å². The van der Waals surface area contributed by atoms with Gasteiger partial charge in [0.2, 0.25) is 0 Å². The summed E-state index contributed by atoms with van der Waals surface area (Å²) < 4.78 is 5.68. The van der Waals surface area contributed by atoms with Gasteiger partial charge in [-0.2, -0.15) is 0 Å². The van der Waals surface area contributed by atoms with E-state index < -0.39 is 0 Å². The van der Waals surface area contributed by atoms with Crippen LogP contribution in [0.4, 0.5) is 0 Å². The summed E-state index contributed by atoms with van der Waals surface area (Å²) in [5.74, 6) is 1.60. The highest BCUT2D eigenvalue weighted by atomic mass is 32.1. The predicted octanol–water partition coefficient (Wildman–Crippen LogP) is 4.00. The second-order valence-corrected chi connectivity index (χ2v) is 6.35. The van der Waals surface area contributed by atoms with Gasteiger partial charge in [-0.3, -0.25) is 0 Å². The van der Waals surface area contributed by atoms with Gasteiger partial charge in [-0.05, 0) is 31.5 Å². The van der Waals surface area contributed by atoms with Gasteiger partial charge in [0.05, 0.1) is 17.3 Å². The fourth-order valence-electron chi connectivity index (χ4n) is 2.10. The number of ether oxygens (including phenoxy) is 1. The molecule has 3 nitrogen and oxygen atoms in total. The molecule has 4 heteroatoms. The molecule has 0 atom stereocenters. The number of hydrogen-bond donors (Lipinski definition) is 1. The van der Waals surface area contributed by atoms with E-state index in [-0.39, 0.29) is 0 Å². The first-order chi connectivity index (χ1) is 10.2. The standard InChI is InChI=1S/C17H24N2OS/c1-4-20-16-8-6-5-7-14(16)15-12-21-17(19-15)9-10-18-11-13(2)3/h5-8,12-13,18H,4,9-11H2,1-3H3. The third-order valence-electron chi connectivity index (χ3n) is 3.08. The van der Waals surface area contributed by atoms with Gasteiger partial charge in [0, 0.05) is 23.9 Å². The molecule has 0 amide bonds. The van der Waals surface area contributed by atoms with Crippen molar-refractivity contribution in [1.82, 2.24) is 10.3 Å². The molecule has 114 valence electrons. The van der Waals surface area contributed by atoms with E-state index in [2.05, 4.69) is 30.6 Å². The number of nitrogens with one attached hydrogen (secondary N) is 1. The maximum atomic E-state index is 5.68. The monoisotopic (exact) mass is 304 g/mol. The molecule has 0 bridgehead atoms. The lowest BCUT2D eigenvalue weighted by atomic mass is 10.1. The van der Waals surface area contributed by atoms with Crippen molar-refractivity contribution in [2.24, 2.45) is 5.92 Å². The number of thiazole rings is 1. The molecule has 1 aromatic heterocycles. The van der Waals surface area contributed by atoms with Gasteiger partial charge >= 0.3 is 0 Å². The molecule has 1 N–H and O–H groups in total. The molecule has 2 rings (SSSR count). The number of hydrogen-bond acceptors (Lipinski definition) is 4. The third kappa shape index (κ3) is 4.83. The number of aromatic nitrogens is 1. The lowest BCUT2D eigenvalue weighted by Crippen LogP contribution is -2.22. The topological polar surface area (TPSA) is 34.1 Å². The Morgan fingerprint density at radius 2 is 2.10 bits per heavy atom. The molecular weight excluding hydrogens is 280 g/mol. The van der Waals surface area contributed by atoms with Crippen molar-refractivity contribution in [2.75, 3.05) is 19.7 Å². The van der Waals surface area contributed by atoms with Gasteiger partial charge in [-0.15, -0.1) is 11.3 Å². The zero-order chi connectivity index (χ0) is 15.1. The molecule has 0 saturated heterocycles. The summed E-state index contributed by atoms with van der Waals surface area (Å²) in [5.41, 5.74) is 2.10. The van der Waals surface area contributed by atoms with Crippen molar-refractivity contribution in [3.63, 3.8) is 0 Å². The van der Waals surface area contributed by atoms with Crippen LogP contribution in [0.15, 0.2) is 29.6 Å². The van der Waals surface area contributed by atoms with E-state index in [0.717, 1.165) is 36.5 Å². The van der Waals surface area contributed by atoms with Gasteiger partial charge < -0.3 is 10.1 Å². The Morgan fingerprint density at radius 1 is 1.29 bits per heavy atom. The molecular formula is C17H24N2OS. The Morgan fingerprint density at radius 3 is 2.86 bits per heavy atom. The van der Waals surface area contributed by atoms with Crippen LogP contribution in [-0.4, -0.2) is 24.7 Å². The second kappa shape index (κ2) is 8.15. The summed E-state index contributed by atoms with van der Waals surface area (Å²) in [6.45, 7) is 9.17. The highest BCUT2D eigenvalue weighted by Gasteiger charge is 2.09. The van der Waals surface area contributed by atoms with Gasteiger partial charge in [-0.1, -0.05) is 26.0 Å². The second-order valence-electron chi connectivity index (χ2n) is 5.40. The lowest BCUT2D eigenvalue weighted by molar-refractivity contribution is 0.341. The highest BCUT2D eigenvalue weighted by molar-refractivity contribution is 7.09. The number of nitrogens with zero attached hydrogens (tertiary/aromatic N) is 1. The van der Waals surface area contributed by atoms with Crippen molar-refractivity contribution in [2.45, 2.75) is 27.2 Å². The van der Waals surface area contributed by atoms with Crippen LogP contribution in [-0.2, 0) is 6.42 Å². The minimum Gasteiger partial charge on any atom is -0.493 e. The van der Waals surface area contributed by atoms with Crippen LogP contribution < -0.4 is 10.1 Å². The van der Waals surface area contributed by atoms with Gasteiger partial charge in [0.1, 0.15) is 5.75 Å². The molecule has 0 fully saturated rings. The predicted molar refractivity (Wildman–Crippen MR) is 90.1 cm³/mol. The fraction of sp³-hybridized carbons (Fsp3) is 0.471. The molecule has 0 unspecified atom stereocenters. The van der Waals surface area contributed by atoms with Crippen LogP contribution >= 0.6 is 11.3 Å². The zero-order valence-corrected chi connectivity index (χ0v) is 13.9. The summed E-state index contributed by atoms with van der Waals surface area (Å²) in [5, 5.41) is 6.75. The third-order valence-corrected chi connectivity index (χ3v) is 3.99. The molecule has 0 aliphatic carbocycles. The molecule has 1 heterocycles. The average molecular weight is 304 g/mol. The molecule has 21 heavy (non-hydrogen) atoms. The number of benzene rings is 1. The summed E-state index contributed by atoms with van der Waals surface area (Å²) in [4.78, 5) is 4.74. The summed E-state index contributed by atoms with van der Waals surface area (Å²) in [7, 11) is 0. The van der Waals surface area contributed by atoms with Crippen LogP contribution in [0.5, 0.6) is 5.75 Å². The Labute approximate surface area is 131 Å². The minimum atomic E-state index is 0.674. The molecule has 0 aliphatic heterocycles. The molecule has 0 aliphatic rings. The van der Waals surface area contributed by atoms with Crippen molar-refractivity contribution in [3.8, 4) is 17.0 Å². The van der Waals surface area contributed by atoms with Gasteiger partial charge in [-0.25, -0.2) is 4.98 Å². The first-order valence-electron chi connectivity index (χ1n) is 7.58. The van der Waals surface area contributed by atoms with Crippen molar-refractivity contribution in [1.29, 1.82) is 0 Å². The Kier molecular flexibility index (Phi) is 6.21. The Bertz CT molecular complexity index is 551. The van der Waals surface area contributed by atoms with E-state index in [0.29, 0.717) is 12.5 Å². The molecule has 0 spiro atoms. The van der Waals surface area contributed by atoms with Crippen LogP contribution in [0.3, 0.4) is 0 Å². The summed E-state index contributed by atoms with van der Waals surface area (Å²) in [6, 6.07) is 8.10. The van der Waals surface area contributed by atoms with E-state index in [1.807, 2.05) is 25.1 Å². The van der Waals surface area contributed by atoms with Gasteiger partial charge in [0.15, 0.2) is 0 Å². The fourth-order valence-corrected chi connectivity index (χ4v) is 2.89. The summed E-state index contributed by atoms with van der Waals surface area (Å²) >= 11 is 1.72. The first-order valence-corrected chi connectivity index (χ1v) is 8.46. The number of rotatable bonds is 8. The largest absolute Gasteiger partial charge is 0.493 e. The van der Waals surface area contributed by atoms with E-state index >= 15 is 0 Å².